The van der Waals surface area contributed by atoms with Gasteiger partial charge in [-0.15, -0.1) is 0 Å². The van der Waals surface area contributed by atoms with Gasteiger partial charge in [0, 0.05) is 31.4 Å². The highest BCUT2D eigenvalue weighted by Crippen LogP contribution is 2.32. The Kier molecular flexibility index (Phi) is 6.17. The Morgan fingerprint density at radius 3 is 2.83 bits per heavy atom. The molecular formula is C26H36N4. The first-order chi connectivity index (χ1) is 14.8. The van der Waals surface area contributed by atoms with Crippen LogP contribution in [0, 0.1) is 0 Å². The molecule has 3 atom stereocenters. The Hall–Kier alpha value is -1.75. The van der Waals surface area contributed by atoms with Crippen LogP contribution in [0.15, 0.2) is 36.5 Å². The lowest BCUT2D eigenvalue weighted by molar-refractivity contribution is 0.190. The third kappa shape index (κ3) is 4.32. The fraction of sp³-hybridized carbons (Fsp3) is 0.577. The molecule has 0 spiro atoms. The molecule has 5 rings (SSSR count). The highest BCUT2D eigenvalue weighted by atomic mass is 15.2. The van der Waals surface area contributed by atoms with Gasteiger partial charge in [-0.25, -0.2) is 0 Å². The summed E-state index contributed by atoms with van der Waals surface area (Å²) in [7, 11) is 2.30. The van der Waals surface area contributed by atoms with E-state index in [-0.39, 0.29) is 0 Å². The van der Waals surface area contributed by atoms with Crippen molar-refractivity contribution < 1.29 is 0 Å². The van der Waals surface area contributed by atoms with Gasteiger partial charge in [0.2, 0.25) is 0 Å². The second-order valence-electron chi connectivity index (χ2n) is 9.58. The van der Waals surface area contributed by atoms with Crippen molar-refractivity contribution in [2.24, 2.45) is 0 Å². The topological polar surface area (TPSA) is 40.2 Å². The normalized spacial score (nSPS) is 26.3. The zero-order chi connectivity index (χ0) is 20.3. The zero-order valence-electron chi connectivity index (χ0n) is 18.4. The number of aryl methyl sites for hydroxylation is 1. The predicted octanol–water partition coefficient (Wildman–Crippen LogP) is 3.79. The first-order valence-electron chi connectivity index (χ1n) is 12.0. The van der Waals surface area contributed by atoms with Gasteiger partial charge in [0.25, 0.3) is 0 Å². The number of hydrogen-bond acceptors (Lipinski definition) is 4. The summed E-state index contributed by atoms with van der Waals surface area (Å²) >= 11 is 0. The Labute approximate surface area is 181 Å². The predicted molar refractivity (Wildman–Crippen MR) is 123 cm³/mol. The average molecular weight is 405 g/mol. The van der Waals surface area contributed by atoms with Crippen molar-refractivity contribution in [2.45, 2.75) is 76.0 Å². The van der Waals surface area contributed by atoms with Gasteiger partial charge in [-0.2, -0.15) is 0 Å². The fourth-order valence-corrected chi connectivity index (χ4v) is 5.86. The van der Waals surface area contributed by atoms with Crippen LogP contribution in [0.5, 0.6) is 0 Å². The van der Waals surface area contributed by atoms with E-state index in [0.717, 1.165) is 19.5 Å². The maximum atomic E-state index is 4.76. The van der Waals surface area contributed by atoms with Gasteiger partial charge in [-0.3, -0.25) is 9.88 Å². The zero-order valence-corrected chi connectivity index (χ0v) is 18.4. The molecule has 0 bridgehead atoms. The number of hydrogen-bond donors (Lipinski definition) is 2. The van der Waals surface area contributed by atoms with E-state index < -0.39 is 0 Å². The highest BCUT2D eigenvalue weighted by Gasteiger charge is 2.28. The maximum absolute atomic E-state index is 4.76. The number of nitrogens with zero attached hydrogens (tertiary/aromatic N) is 2. The van der Waals surface area contributed by atoms with Gasteiger partial charge >= 0.3 is 0 Å². The van der Waals surface area contributed by atoms with Crippen LogP contribution in [0.3, 0.4) is 0 Å². The summed E-state index contributed by atoms with van der Waals surface area (Å²) in [4.78, 5) is 7.32. The minimum atomic E-state index is 0.458. The summed E-state index contributed by atoms with van der Waals surface area (Å²) < 4.78 is 0. The summed E-state index contributed by atoms with van der Waals surface area (Å²) in [5.41, 5.74) is 7.46. The first-order valence-corrected chi connectivity index (χ1v) is 12.0. The highest BCUT2D eigenvalue weighted by molar-refractivity contribution is 5.38. The fourth-order valence-electron chi connectivity index (χ4n) is 5.86. The molecular weight excluding hydrogens is 368 g/mol. The molecule has 2 N–H and O–H groups in total. The van der Waals surface area contributed by atoms with E-state index in [1.807, 2.05) is 6.20 Å². The monoisotopic (exact) mass is 404 g/mol. The molecule has 3 aliphatic rings. The van der Waals surface area contributed by atoms with Crippen molar-refractivity contribution in [3.8, 4) is 0 Å². The molecule has 3 heterocycles. The molecule has 2 aliphatic heterocycles. The van der Waals surface area contributed by atoms with Crippen molar-refractivity contribution in [3.05, 3.63) is 64.5 Å². The Bertz CT molecular complexity index is 858. The molecule has 0 amide bonds. The number of benzene rings is 1. The van der Waals surface area contributed by atoms with Gasteiger partial charge in [0.05, 0.1) is 11.7 Å². The van der Waals surface area contributed by atoms with Crippen molar-refractivity contribution in [1.29, 1.82) is 0 Å². The molecule has 160 valence electrons. The quantitative estimate of drug-likeness (QED) is 0.795. The molecule has 30 heavy (non-hydrogen) atoms. The molecule has 1 aliphatic carbocycles. The van der Waals surface area contributed by atoms with E-state index in [2.05, 4.69) is 52.9 Å². The number of piperidine rings is 1. The number of aromatic nitrogens is 1. The van der Waals surface area contributed by atoms with E-state index in [1.54, 1.807) is 11.1 Å². The summed E-state index contributed by atoms with van der Waals surface area (Å²) in [6.45, 7) is 3.26. The molecule has 0 saturated carbocycles. The second kappa shape index (κ2) is 9.17. The van der Waals surface area contributed by atoms with Gasteiger partial charge in [0.1, 0.15) is 0 Å². The van der Waals surface area contributed by atoms with Crippen molar-refractivity contribution in [2.75, 3.05) is 20.1 Å². The van der Waals surface area contributed by atoms with Crippen LogP contribution in [0.4, 0.5) is 0 Å². The number of pyridine rings is 1. The minimum absolute atomic E-state index is 0.458. The van der Waals surface area contributed by atoms with Crippen LogP contribution in [-0.4, -0.2) is 42.1 Å². The van der Waals surface area contributed by atoms with E-state index in [0.29, 0.717) is 18.1 Å². The van der Waals surface area contributed by atoms with Crippen LogP contribution in [-0.2, 0) is 25.8 Å². The average Bonchev–Trinajstić information content (AvgIpc) is 2.80. The Morgan fingerprint density at radius 2 is 1.93 bits per heavy atom. The van der Waals surface area contributed by atoms with Gasteiger partial charge in [-0.05, 0) is 86.9 Å². The molecule has 0 radical (unpaired) electrons. The molecule has 1 fully saturated rings. The number of rotatable bonds is 5. The second-order valence-corrected chi connectivity index (χ2v) is 9.58. The smallest absolute Gasteiger partial charge is 0.0607 e. The first kappa shape index (κ1) is 20.2. The van der Waals surface area contributed by atoms with Crippen molar-refractivity contribution >= 4 is 0 Å². The SMILES string of the molecule is CN(C[C@H]1Cc2c(cccc2CC2CCCCN2)CN1)[C@H]1CCCc2cccnc21. The van der Waals surface area contributed by atoms with Crippen LogP contribution in [0.25, 0.3) is 0 Å². The lowest BCUT2D eigenvalue weighted by Gasteiger charge is -2.37. The third-order valence-electron chi connectivity index (χ3n) is 7.49. The third-order valence-corrected chi connectivity index (χ3v) is 7.49. The Morgan fingerprint density at radius 1 is 1.00 bits per heavy atom. The van der Waals surface area contributed by atoms with E-state index in [9.17, 15) is 0 Å². The molecule has 4 nitrogen and oxygen atoms in total. The van der Waals surface area contributed by atoms with E-state index in [1.165, 1.54) is 68.3 Å². The largest absolute Gasteiger partial charge is 0.314 e. The molecule has 1 saturated heterocycles. The summed E-state index contributed by atoms with van der Waals surface area (Å²) in [5.74, 6) is 0. The van der Waals surface area contributed by atoms with Gasteiger partial charge in [0.15, 0.2) is 0 Å². The standard InChI is InChI=1S/C26H36N4/c1-30(25-12-5-7-19-10-6-14-28-26(19)25)18-23-16-24-20(8-4-9-21(24)17-29-23)15-22-11-2-3-13-27-22/h4,6,8-10,14,22-23,25,27,29H,2-3,5,7,11-13,15-18H2,1H3/t22?,23-,25+/m1/s1. The summed E-state index contributed by atoms with van der Waals surface area (Å²) in [5, 5.41) is 7.56. The number of fused-ring (bicyclic) bond motifs is 2. The number of nitrogens with one attached hydrogen (secondary N) is 2. The van der Waals surface area contributed by atoms with E-state index in [4.69, 9.17) is 4.98 Å². The van der Waals surface area contributed by atoms with E-state index >= 15 is 0 Å². The minimum Gasteiger partial charge on any atom is -0.314 e. The van der Waals surface area contributed by atoms with Crippen LogP contribution in [0.2, 0.25) is 0 Å². The number of likely N-dealkylation sites (N-methyl/N-ethyl adjacent to an activating group) is 1. The van der Waals surface area contributed by atoms with Crippen molar-refractivity contribution in [1.82, 2.24) is 20.5 Å². The molecule has 4 heteroatoms. The van der Waals surface area contributed by atoms with Gasteiger partial charge in [-0.1, -0.05) is 30.7 Å². The maximum Gasteiger partial charge on any atom is 0.0607 e. The molecule has 1 aromatic carbocycles. The molecule has 1 aromatic heterocycles. The summed E-state index contributed by atoms with van der Waals surface area (Å²) in [6, 6.07) is 12.9. The molecule has 1 unspecified atom stereocenters. The lowest BCUT2D eigenvalue weighted by atomic mass is 9.86. The van der Waals surface area contributed by atoms with Crippen LogP contribution < -0.4 is 10.6 Å². The van der Waals surface area contributed by atoms with Crippen LogP contribution >= 0.6 is 0 Å². The molecule has 2 aromatic rings. The lowest BCUT2D eigenvalue weighted by Crippen LogP contribution is -2.45. The summed E-state index contributed by atoms with van der Waals surface area (Å²) in [6.07, 6.45) is 12.0. The van der Waals surface area contributed by atoms with Crippen molar-refractivity contribution in [3.63, 3.8) is 0 Å². The van der Waals surface area contributed by atoms with Crippen LogP contribution in [0.1, 0.15) is 66.1 Å². The van der Waals surface area contributed by atoms with Gasteiger partial charge < -0.3 is 10.6 Å². The Balaban J connectivity index is 1.28.